The van der Waals surface area contributed by atoms with Gasteiger partial charge in [-0.05, 0) is 105 Å². The summed E-state index contributed by atoms with van der Waals surface area (Å²) in [5, 5.41) is 0. The normalized spacial score (nSPS) is 18.0. The molecule has 0 saturated heterocycles. The van der Waals surface area contributed by atoms with Crippen molar-refractivity contribution in [3.8, 4) is 11.1 Å². The fourth-order valence-electron chi connectivity index (χ4n) is 5.09. The number of carbonyl (C=O) groups is 1. The van der Waals surface area contributed by atoms with Gasteiger partial charge in [-0.3, -0.25) is 4.79 Å². The molecule has 1 aliphatic carbocycles. The van der Waals surface area contributed by atoms with Gasteiger partial charge in [0.05, 0.1) is 0 Å². The highest BCUT2D eigenvalue weighted by atomic mass is 19.2. The highest BCUT2D eigenvalue weighted by Gasteiger charge is 2.25. The van der Waals surface area contributed by atoms with Gasteiger partial charge in [0, 0.05) is 12.0 Å². The van der Waals surface area contributed by atoms with E-state index in [-0.39, 0.29) is 23.0 Å². The molecule has 37 heavy (non-hydrogen) atoms. The SMILES string of the molecule is CC(C)(C)OC(=O)CCc1ccc(C2CCC(c3ccc(-c4cc(F)c(F)c(F)c4)c(F)c3)CC2)cc1. The summed E-state index contributed by atoms with van der Waals surface area (Å²) in [6.45, 7) is 5.58. The van der Waals surface area contributed by atoms with Crippen molar-refractivity contribution in [1.82, 2.24) is 0 Å². The second kappa shape index (κ2) is 11.1. The van der Waals surface area contributed by atoms with Crippen LogP contribution >= 0.6 is 0 Å². The third kappa shape index (κ3) is 6.79. The van der Waals surface area contributed by atoms with E-state index in [0.29, 0.717) is 18.8 Å². The fraction of sp³-hybridized carbons (Fsp3) is 0.387. The molecule has 0 unspecified atom stereocenters. The third-order valence-electron chi connectivity index (χ3n) is 6.98. The van der Waals surface area contributed by atoms with Crippen LogP contribution < -0.4 is 0 Å². The molecule has 0 bridgehead atoms. The average Bonchev–Trinajstić information content (AvgIpc) is 2.85. The molecule has 0 aromatic heterocycles. The van der Waals surface area contributed by atoms with E-state index in [4.69, 9.17) is 4.74 Å². The molecule has 0 N–H and O–H groups in total. The minimum absolute atomic E-state index is 0.0290. The lowest BCUT2D eigenvalue weighted by Gasteiger charge is -2.29. The van der Waals surface area contributed by atoms with Gasteiger partial charge in [-0.1, -0.05) is 36.4 Å². The number of aryl methyl sites for hydroxylation is 1. The van der Waals surface area contributed by atoms with Gasteiger partial charge in [0.1, 0.15) is 11.4 Å². The maximum Gasteiger partial charge on any atom is 0.306 e. The van der Waals surface area contributed by atoms with Gasteiger partial charge < -0.3 is 4.74 Å². The van der Waals surface area contributed by atoms with Gasteiger partial charge in [0.2, 0.25) is 0 Å². The zero-order valence-electron chi connectivity index (χ0n) is 21.4. The maximum absolute atomic E-state index is 14.9. The van der Waals surface area contributed by atoms with Gasteiger partial charge in [0.15, 0.2) is 17.5 Å². The molecule has 0 amide bonds. The number of halogens is 4. The Morgan fingerprint density at radius 3 is 1.86 bits per heavy atom. The Labute approximate surface area is 215 Å². The number of hydrogen-bond acceptors (Lipinski definition) is 2. The van der Waals surface area contributed by atoms with Crippen molar-refractivity contribution in [2.24, 2.45) is 0 Å². The second-order valence-electron chi connectivity index (χ2n) is 10.9. The van der Waals surface area contributed by atoms with Gasteiger partial charge in [-0.25, -0.2) is 17.6 Å². The monoisotopic (exact) mass is 512 g/mol. The summed E-state index contributed by atoms with van der Waals surface area (Å²) in [5.74, 6) is -4.39. The standard InChI is InChI=1S/C31H32F4O2/c1-31(2,3)37-29(36)15-6-19-4-7-20(8-5-19)21-9-11-22(12-10-21)23-13-14-25(26(32)16-23)24-17-27(33)30(35)28(34)18-24/h4-5,7-8,13-14,16-18,21-22H,6,9-12,15H2,1-3H3. The summed E-state index contributed by atoms with van der Waals surface area (Å²) >= 11 is 0. The first kappa shape index (κ1) is 26.9. The molecule has 1 fully saturated rings. The van der Waals surface area contributed by atoms with Crippen LogP contribution in [-0.2, 0) is 16.0 Å². The van der Waals surface area contributed by atoms with Crippen LogP contribution in [0.15, 0.2) is 54.6 Å². The Morgan fingerprint density at radius 2 is 1.32 bits per heavy atom. The molecule has 4 rings (SSSR count). The van der Waals surface area contributed by atoms with Crippen molar-refractivity contribution in [1.29, 1.82) is 0 Å². The topological polar surface area (TPSA) is 26.3 Å². The number of carbonyl (C=O) groups excluding carboxylic acids is 1. The predicted octanol–water partition coefficient (Wildman–Crippen LogP) is 8.63. The predicted molar refractivity (Wildman–Crippen MR) is 136 cm³/mol. The first-order valence-corrected chi connectivity index (χ1v) is 12.7. The number of esters is 1. The maximum atomic E-state index is 14.9. The molecule has 0 aliphatic heterocycles. The van der Waals surface area contributed by atoms with E-state index >= 15 is 0 Å². The van der Waals surface area contributed by atoms with E-state index in [1.54, 1.807) is 6.07 Å². The van der Waals surface area contributed by atoms with Crippen molar-refractivity contribution < 1.29 is 27.1 Å². The molecule has 0 spiro atoms. The quantitative estimate of drug-likeness (QED) is 0.188. The Morgan fingerprint density at radius 1 is 0.784 bits per heavy atom. The molecule has 1 saturated carbocycles. The second-order valence-corrected chi connectivity index (χ2v) is 10.9. The number of benzene rings is 3. The first-order chi connectivity index (χ1) is 17.5. The van der Waals surface area contributed by atoms with Crippen molar-refractivity contribution in [3.63, 3.8) is 0 Å². The summed E-state index contributed by atoms with van der Waals surface area (Å²) in [6.07, 6.45) is 4.75. The third-order valence-corrected chi connectivity index (χ3v) is 6.98. The van der Waals surface area contributed by atoms with E-state index in [1.807, 2.05) is 20.8 Å². The van der Waals surface area contributed by atoms with Crippen molar-refractivity contribution in [2.45, 2.75) is 76.7 Å². The molecule has 196 valence electrons. The van der Waals surface area contributed by atoms with E-state index in [1.165, 1.54) is 17.7 Å². The number of ether oxygens (including phenoxy) is 1. The van der Waals surface area contributed by atoms with Gasteiger partial charge >= 0.3 is 5.97 Å². The summed E-state index contributed by atoms with van der Waals surface area (Å²) in [7, 11) is 0. The highest BCUT2D eigenvalue weighted by Crippen LogP contribution is 2.41. The number of rotatable bonds is 6. The van der Waals surface area contributed by atoms with E-state index in [2.05, 4.69) is 24.3 Å². The summed E-state index contributed by atoms with van der Waals surface area (Å²) < 4.78 is 60.7. The van der Waals surface area contributed by atoms with Crippen LogP contribution in [0.3, 0.4) is 0 Å². The lowest BCUT2D eigenvalue weighted by molar-refractivity contribution is -0.154. The van der Waals surface area contributed by atoms with Crippen LogP contribution in [0.25, 0.3) is 11.1 Å². The van der Waals surface area contributed by atoms with Gasteiger partial charge in [0.25, 0.3) is 0 Å². The molecular weight excluding hydrogens is 480 g/mol. The van der Waals surface area contributed by atoms with Crippen molar-refractivity contribution >= 4 is 5.97 Å². The molecule has 6 heteroatoms. The Bertz CT molecular complexity index is 1230. The Kier molecular flexibility index (Phi) is 8.05. The summed E-state index contributed by atoms with van der Waals surface area (Å²) in [4.78, 5) is 12.0. The molecule has 2 nitrogen and oxygen atoms in total. The van der Waals surface area contributed by atoms with Crippen molar-refractivity contribution in [2.75, 3.05) is 0 Å². The lowest BCUT2D eigenvalue weighted by Crippen LogP contribution is -2.24. The lowest BCUT2D eigenvalue weighted by atomic mass is 9.76. The summed E-state index contributed by atoms with van der Waals surface area (Å²) in [6, 6.07) is 14.8. The largest absolute Gasteiger partial charge is 0.460 e. The molecule has 3 aromatic rings. The molecule has 0 atom stereocenters. The van der Waals surface area contributed by atoms with Crippen LogP contribution in [0.4, 0.5) is 17.6 Å². The number of hydrogen-bond donors (Lipinski definition) is 0. The molecule has 0 radical (unpaired) electrons. The minimum atomic E-state index is -1.56. The first-order valence-electron chi connectivity index (χ1n) is 12.7. The van der Waals surface area contributed by atoms with E-state index in [9.17, 15) is 22.4 Å². The zero-order chi connectivity index (χ0) is 26.7. The molecule has 3 aromatic carbocycles. The molecule has 0 heterocycles. The Hall–Kier alpha value is -3.15. The van der Waals surface area contributed by atoms with E-state index < -0.39 is 28.9 Å². The van der Waals surface area contributed by atoms with Gasteiger partial charge in [-0.15, -0.1) is 0 Å². The molecular formula is C31H32F4O2. The van der Waals surface area contributed by atoms with E-state index in [0.717, 1.165) is 48.9 Å². The zero-order valence-corrected chi connectivity index (χ0v) is 21.4. The van der Waals surface area contributed by atoms with Crippen LogP contribution in [0.1, 0.15) is 81.4 Å². The van der Waals surface area contributed by atoms with Gasteiger partial charge in [-0.2, -0.15) is 0 Å². The highest BCUT2D eigenvalue weighted by molar-refractivity contribution is 5.70. The minimum Gasteiger partial charge on any atom is -0.460 e. The van der Waals surface area contributed by atoms with Crippen LogP contribution in [-0.4, -0.2) is 11.6 Å². The molecule has 1 aliphatic rings. The summed E-state index contributed by atoms with van der Waals surface area (Å²) in [5.41, 5.74) is 2.76. The smallest absolute Gasteiger partial charge is 0.306 e. The van der Waals surface area contributed by atoms with Crippen molar-refractivity contribution in [3.05, 3.63) is 94.6 Å². The van der Waals surface area contributed by atoms with Crippen LogP contribution in [0.2, 0.25) is 0 Å². The average molecular weight is 513 g/mol. The Balaban J connectivity index is 1.34. The van der Waals surface area contributed by atoms with Crippen LogP contribution in [0.5, 0.6) is 0 Å². The van der Waals surface area contributed by atoms with Crippen LogP contribution in [0, 0.1) is 23.3 Å². The fourth-order valence-corrected chi connectivity index (χ4v) is 5.09.